The monoisotopic (exact) mass is 253 g/mol. The zero-order chi connectivity index (χ0) is 12.5. The third kappa shape index (κ3) is 2.28. The molecule has 0 aromatic carbocycles. The van der Waals surface area contributed by atoms with E-state index in [2.05, 4.69) is 0 Å². The molecule has 1 N–H and O–H groups in total. The van der Waals surface area contributed by atoms with E-state index in [9.17, 15) is 9.90 Å². The molecule has 0 aromatic rings. The summed E-state index contributed by atoms with van der Waals surface area (Å²) in [5, 5.41) is 9.30. The minimum Gasteiger partial charge on any atom is -0.394 e. The summed E-state index contributed by atoms with van der Waals surface area (Å²) in [6.07, 6.45) is 6.01. The second kappa shape index (κ2) is 5.17. The third-order valence-electron chi connectivity index (χ3n) is 5.08. The number of hydrogen-bond acceptors (Lipinski definition) is 3. The number of nitrogens with zero attached hydrogens (tertiary/aromatic N) is 1. The van der Waals surface area contributed by atoms with Gasteiger partial charge in [-0.25, -0.2) is 0 Å². The lowest BCUT2D eigenvalue weighted by Crippen LogP contribution is -2.50. The molecule has 3 fully saturated rings. The van der Waals surface area contributed by atoms with Crippen LogP contribution in [-0.2, 0) is 9.53 Å². The third-order valence-corrected chi connectivity index (χ3v) is 5.08. The van der Waals surface area contributed by atoms with Gasteiger partial charge >= 0.3 is 0 Å². The van der Waals surface area contributed by atoms with E-state index in [1.54, 1.807) is 0 Å². The number of aliphatic hydroxyl groups excluding tert-OH is 1. The van der Waals surface area contributed by atoms with Crippen LogP contribution in [0.25, 0.3) is 0 Å². The predicted molar refractivity (Wildman–Crippen MR) is 67.0 cm³/mol. The molecule has 1 saturated heterocycles. The minimum atomic E-state index is -0.121. The Hall–Kier alpha value is -0.610. The lowest BCUT2D eigenvalue weighted by molar-refractivity contribution is -0.143. The van der Waals surface area contributed by atoms with Crippen LogP contribution >= 0.6 is 0 Å². The number of hydrogen-bond donors (Lipinski definition) is 1. The van der Waals surface area contributed by atoms with E-state index in [4.69, 9.17) is 4.74 Å². The molecule has 2 saturated carbocycles. The summed E-state index contributed by atoms with van der Waals surface area (Å²) >= 11 is 0. The van der Waals surface area contributed by atoms with Crippen LogP contribution in [0, 0.1) is 17.8 Å². The average molecular weight is 253 g/mol. The molecule has 3 rings (SSSR count). The molecule has 102 valence electrons. The molecule has 2 bridgehead atoms. The Kier molecular flexibility index (Phi) is 3.57. The molecule has 0 spiro atoms. The van der Waals surface area contributed by atoms with Gasteiger partial charge in [0.15, 0.2) is 0 Å². The normalized spacial score (nSPS) is 39.3. The highest BCUT2D eigenvalue weighted by molar-refractivity contribution is 5.77. The fraction of sp³-hybridized carbons (Fsp3) is 0.929. The summed E-state index contributed by atoms with van der Waals surface area (Å²) in [5.41, 5.74) is 0. The van der Waals surface area contributed by atoms with Crippen LogP contribution in [0.4, 0.5) is 0 Å². The number of aliphatic hydroxyl groups is 1. The highest BCUT2D eigenvalue weighted by atomic mass is 16.5. The van der Waals surface area contributed by atoms with Crippen molar-refractivity contribution in [2.24, 2.45) is 17.8 Å². The minimum absolute atomic E-state index is 0.0163. The first-order valence-electron chi connectivity index (χ1n) is 7.26. The van der Waals surface area contributed by atoms with Crippen molar-refractivity contribution in [3.8, 4) is 0 Å². The second-order valence-electron chi connectivity index (χ2n) is 6.14. The fourth-order valence-electron chi connectivity index (χ4n) is 4.10. The Morgan fingerprint density at radius 3 is 2.89 bits per heavy atom. The maximum atomic E-state index is 12.4. The largest absolute Gasteiger partial charge is 0.394 e. The van der Waals surface area contributed by atoms with Crippen LogP contribution in [0.2, 0.25) is 0 Å². The van der Waals surface area contributed by atoms with Gasteiger partial charge in [-0.3, -0.25) is 4.79 Å². The number of morpholine rings is 1. The summed E-state index contributed by atoms with van der Waals surface area (Å²) in [7, 11) is 0. The Morgan fingerprint density at radius 2 is 2.22 bits per heavy atom. The molecule has 18 heavy (non-hydrogen) atoms. The molecule has 2 aliphatic carbocycles. The van der Waals surface area contributed by atoms with E-state index < -0.39 is 0 Å². The lowest BCUT2D eigenvalue weighted by Gasteiger charge is -2.35. The summed E-state index contributed by atoms with van der Waals surface area (Å²) in [6, 6.07) is -0.121. The van der Waals surface area contributed by atoms with Crippen molar-refractivity contribution in [2.45, 2.75) is 38.1 Å². The van der Waals surface area contributed by atoms with Crippen LogP contribution in [-0.4, -0.2) is 48.3 Å². The smallest absolute Gasteiger partial charge is 0.223 e. The standard InChI is InChI=1S/C14H23NO3/c16-8-13-9-18-4-3-15(13)14(17)7-12-6-10-1-2-11(12)5-10/h10-13,16H,1-9H2. The Bertz CT molecular complexity index is 320. The molecule has 4 heteroatoms. The van der Waals surface area contributed by atoms with Gasteiger partial charge in [0.1, 0.15) is 0 Å². The van der Waals surface area contributed by atoms with Crippen LogP contribution in [0.15, 0.2) is 0 Å². The zero-order valence-corrected chi connectivity index (χ0v) is 10.9. The van der Waals surface area contributed by atoms with Gasteiger partial charge in [-0.2, -0.15) is 0 Å². The molecule has 1 amide bonds. The Morgan fingerprint density at radius 1 is 1.33 bits per heavy atom. The van der Waals surface area contributed by atoms with Gasteiger partial charge in [-0.15, -0.1) is 0 Å². The SMILES string of the molecule is O=C(CC1CC2CCC1C2)N1CCOCC1CO. The van der Waals surface area contributed by atoms with Crippen molar-refractivity contribution in [3.05, 3.63) is 0 Å². The van der Waals surface area contributed by atoms with Crippen molar-refractivity contribution < 1.29 is 14.6 Å². The van der Waals surface area contributed by atoms with E-state index >= 15 is 0 Å². The molecular formula is C14H23NO3. The number of carbonyl (C=O) groups is 1. The fourth-order valence-corrected chi connectivity index (χ4v) is 4.10. The number of rotatable bonds is 3. The summed E-state index contributed by atoms with van der Waals surface area (Å²) in [5.74, 6) is 2.53. The van der Waals surface area contributed by atoms with E-state index in [1.165, 1.54) is 25.7 Å². The van der Waals surface area contributed by atoms with Crippen molar-refractivity contribution in [1.29, 1.82) is 0 Å². The number of fused-ring (bicyclic) bond motifs is 2. The number of ether oxygens (including phenoxy) is 1. The Balaban J connectivity index is 1.57. The molecule has 4 atom stereocenters. The van der Waals surface area contributed by atoms with Gasteiger partial charge in [0, 0.05) is 13.0 Å². The summed E-state index contributed by atoms with van der Waals surface area (Å²) in [6.45, 7) is 1.76. The molecule has 0 aromatic heterocycles. The van der Waals surface area contributed by atoms with E-state index in [0.29, 0.717) is 32.1 Å². The molecule has 4 unspecified atom stereocenters. The Labute approximate surface area is 108 Å². The quantitative estimate of drug-likeness (QED) is 0.817. The van der Waals surface area contributed by atoms with Gasteiger partial charge in [-0.1, -0.05) is 6.42 Å². The molecule has 4 nitrogen and oxygen atoms in total. The van der Waals surface area contributed by atoms with Crippen LogP contribution in [0.5, 0.6) is 0 Å². The van der Waals surface area contributed by atoms with Gasteiger partial charge < -0.3 is 14.7 Å². The van der Waals surface area contributed by atoms with Gasteiger partial charge in [0.2, 0.25) is 5.91 Å². The second-order valence-corrected chi connectivity index (χ2v) is 6.14. The average Bonchev–Trinajstić information content (AvgIpc) is 3.01. The topological polar surface area (TPSA) is 49.8 Å². The highest BCUT2D eigenvalue weighted by Gasteiger charge is 2.41. The first-order valence-corrected chi connectivity index (χ1v) is 7.26. The first kappa shape index (κ1) is 12.4. The zero-order valence-electron chi connectivity index (χ0n) is 10.9. The molecule has 1 aliphatic heterocycles. The van der Waals surface area contributed by atoms with Crippen LogP contribution in [0.1, 0.15) is 32.1 Å². The van der Waals surface area contributed by atoms with Crippen molar-refractivity contribution in [3.63, 3.8) is 0 Å². The van der Waals surface area contributed by atoms with Crippen molar-refractivity contribution in [1.82, 2.24) is 4.90 Å². The van der Waals surface area contributed by atoms with Gasteiger partial charge in [0.05, 0.1) is 25.9 Å². The maximum Gasteiger partial charge on any atom is 0.223 e. The predicted octanol–water partition coefficient (Wildman–Crippen LogP) is 1.03. The molecule has 1 heterocycles. The number of carbonyl (C=O) groups excluding carboxylic acids is 1. The highest BCUT2D eigenvalue weighted by Crippen LogP contribution is 2.49. The maximum absolute atomic E-state index is 12.4. The van der Waals surface area contributed by atoms with Crippen LogP contribution in [0.3, 0.4) is 0 Å². The van der Waals surface area contributed by atoms with Gasteiger partial charge in [0.25, 0.3) is 0 Å². The van der Waals surface area contributed by atoms with E-state index in [1.807, 2.05) is 4.90 Å². The van der Waals surface area contributed by atoms with Crippen molar-refractivity contribution >= 4 is 5.91 Å². The van der Waals surface area contributed by atoms with Crippen molar-refractivity contribution in [2.75, 3.05) is 26.4 Å². The van der Waals surface area contributed by atoms with Crippen LogP contribution < -0.4 is 0 Å². The van der Waals surface area contributed by atoms with E-state index in [0.717, 1.165) is 11.8 Å². The first-order chi connectivity index (χ1) is 8.78. The van der Waals surface area contributed by atoms with E-state index in [-0.39, 0.29) is 18.6 Å². The molecular weight excluding hydrogens is 230 g/mol. The summed E-state index contributed by atoms with van der Waals surface area (Å²) in [4.78, 5) is 14.2. The molecule has 3 aliphatic rings. The van der Waals surface area contributed by atoms with Gasteiger partial charge in [-0.05, 0) is 37.0 Å². The lowest BCUT2D eigenvalue weighted by atomic mass is 9.86. The molecule has 0 radical (unpaired) electrons. The summed E-state index contributed by atoms with van der Waals surface area (Å²) < 4.78 is 5.32. The number of amides is 1.